The van der Waals surface area contributed by atoms with Crippen LogP contribution >= 0.6 is 23.2 Å². The molecule has 2 unspecified atom stereocenters. The maximum atomic E-state index is 6.02. The zero-order valence-corrected chi connectivity index (χ0v) is 9.34. The van der Waals surface area contributed by atoms with Crippen LogP contribution in [0.25, 0.3) is 0 Å². The van der Waals surface area contributed by atoms with Crippen molar-refractivity contribution in [2.75, 3.05) is 7.11 Å². The van der Waals surface area contributed by atoms with Crippen LogP contribution in [0.1, 0.15) is 23.5 Å². The van der Waals surface area contributed by atoms with E-state index in [0.29, 0.717) is 10.8 Å². The van der Waals surface area contributed by atoms with Gasteiger partial charge in [0.1, 0.15) is 23.0 Å². The minimum absolute atomic E-state index is 0.0952. The number of methoxy groups -OCH3 is 1. The second kappa shape index (κ2) is 3.11. The third kappa shape index (κ3) is 1.14. The van der Waals surface area contributed by atoms with Crippen LogP contribution < -0.4 is 4.74 Å². The fraction of sp³-hybridized carbons (Fsp3) is 0.300. The smallest absolute Gasteiger partial charge is 0.151 e. The predicted molar refractivity (Wildman–Crippen MR) is 56.5 cm³/mol. The molecule has 2 bridgehead atoms. The largest absolute Gasteiger partial charge is 0.495 e. The lowest BCUT2D eigenvalue weighted by Crippen LogP contribution is -2.02. The third-order valence-electron chi connectivity index (χ3n) is 2.63. The molecule has 0 radical (unpaired) electrons. The van der Waals surface area contributed by atoms with Crippen LogP contribution in [0.2, 0.25) is 10.2 Å². The summed E-state index contributed by atoms with van der Waals surface area (Å²) in [5.41, 5.74) is 1.72. The Bertz CT molecular complexity index is 473. The summed E-state index contributed by atoms with van der Waals surface area (Å²) < 4.78 is 10.9. The predicted octanol–water partition coefficient (Wildman–Crippen LogP) is 3.08. The molecule has 0 N–H and O–H groups in total. The molecule has 5 heteroatoms. The molecule has 1 aromatic heterocycles. The van der Waals surface area contributed by atoms with Gasteiger partial charge < -0.3 is 9.47 Å². The summed E-state index contributed by atoms with van der Waals surface area (Å²) in [6.45, 7) is 0. The second-order valence-corrected chi connectivity index (χ2v) is 4.15. The molecule has 78 valence electrons. The number of ether oxygens (including phenoxy) is 2. The molecule has 1 aromatic rings. The van der Waals surface area contributed by atoms with Gasteiger partial charge in [-0.25, -0.2) is 4.98 Å². The van der Waals surface area contributed by atoms with E-state index in [1.165, 1.54) is 0 Å². The summed E-state index contributed by atoms with van der Waals surface area (Å²) in [4.78, 5) is 4.22. The van der Waals surface area contributed by atoms with Crippen LogP contribution in [-0.4, -0.2) is 12.1 Å². The van der Waals surface area contributed by atoms with Gasteiger partial charge in [-0.1, -0.05) is 35.4 Å². The Balaban J connectivity index is 2.29. The molecule has 3 rings (SSSR count). The van der Waals surface area contributed by atoms with Crippen molar-refractivity contribution < 1.29 is 9.47 Å². The fourth-order valence-electron chi connectivity index (χ4n) is 2.01. The topological polar surface area (TPSA) is 31.4 Å². The number of hydrogen-bond donors (Lipinski definition) is 0. The normalized spacial score (nSPS) is 25.8. The van der Waals surface area contributed by atoms with Gasteiger partial charge in [0.25, 0.3) is 0 Å². The van der Waals surface area contributed by atoms with Gasteiger partial charge in [0, 0.05) is 0 Å². The van der Waals surface area contributed by atoms with E-state index < -0.39 is 0 Å². The highest BCUT2D eigenvalue weighted by Gasteiger charge is 2.39. The van der Waals surface area contributed by atoms with Gasteiger partial charge >= 0.3 is 0 Å². The molecule has 2 aliphatic rings. The Labute approximate surface area is 96.6 Å². The third-order valence-corrected chi connectivity index (χ3v) is 3.35. The maximum absolute atomic E-state index is 6.02. The lowest BCUT2D eigenvalue weighted by Gasteiger charge is -2.13. The zero-order chi connectivity index (χ0) is 10.6. The van der Waals surface area contributed by atoms with Crippen molar-refractivity contribution in [2.45, 2.75) is 12.2 Å². The molecule has 2 aliphatic heterocycles. The first-order chi connectivity index (χ1) is 7.22. The molecule has 0 saturated carbocycles. The number of fused-ring (bicyclic) bond motifs is 5. The summed E-state index contributed by atoms with van der Waals surface area (Å²) >= 11 is 11.9. The molecule has 0 spiro atoms. The van der Waals surface area contributed by atoms with Crippen molar-refractivity contribution in [3.05, 3.63) is 33.6 Å². The number of aromatic nitrogens is 1. The quantitative estimate of drug-likeness (QED) is 0.561. The lowest BCUT2D eigenvalue weighted by molar-refractivity contribution is 0.0857. The highest BCUT2D eigenvalue weighted by atomic mass is 35.5. The monoisotopic (exact) mass is 243 g/mol. The van der Waals surface area contributed by atoms with Crippen LogP contribution in [0.5, 0.6) is 5.75 Å². The number of pyridine rings is 1. The van der Waals surface area contributed by atoms with Gasteiger partial charge in [0.15, 0.2) is 5.15 Å². The van der Waals surface area contributed by atoms with Gasteiger partial charge in [0.2, 0.25) is 0 Å². The first-order valence-corrected chi connectivity index (χ1v) is 5.24. The summed E-state index contributed by atoms with van der Waals surface area (Å²) in [7, 11) is 1.56. The van der Waals surface area contributed by atoms with Crippen LogP contribution in [0, 0.1) is 0 Å². The van der Waals surface area contributed by atoms with Crippen molar-refractivity contribution in [1.82, 2.24) is 4.98 Å². The van der Waals surface area contributed by atoms with Crippen molar-refractivity contribution in [1.29, 1.82) is 0 Å². The Hall–Kier alpha value is -0.770. The number of nitrogens with zero attached hydrogens (tertiary/aromatic N) is 1. The number of hydrogen-bond acceptors (Lipinski definition) is 3. The lowest BCUT2D eigenvalue weighted by atomic mass is 10.0. The highest BCUT2D eigenvalue weighted by Crippen LogP contribution is 2.51. The van der Waals surface area contributed by atoms with E-state index in [4.69, 9.17) is 32.7 Å². The summed E-state index contributed by atoms with van der Waals surface area (Å²) in [6.07, 6.45) is 3.74. The minimum Gasteiger partial charge on any atom is -0.495 e. The van der Waals surface area contributed by atoms with E-state index in [-0.39, 0.29) is 17.4 Å². The zero-order valence-electron chi connectivity index (χ0n) is 7.83. The van der Waals surface area contributed by atoms with E-state index in [1.807, 2.05) is 12.2 Å². The van der Waals surface area contributed by atoms with Crippen LogP contribution in [0.3, 0.4) is 0 Å². The second-order valence-electron chi connectivity index (χ2n) is 3.41. The summed E-state index contributed by atoms with van der Waals surface area (Å²) in [5, 5.41) is 0.610. The molecule has 0 aromatic carbocycles. The van der Waals surface area contributed by atoms with E-state index in [9.17, 15) is 0 Å². The Morgan fingerprint density at radius 1 is 1.33 bits per heavy atom. The number of halogens is 2. The SMILES string of the molecule is COc1c(Cl)c(Cl)nc2c1C1C=CC2O1. The molecular weight excluding hydrogens is 237 g/mol. The van der Waals surface area contributed by atoms with Crippen molar-refractivity contribution in [2.24, 2.45) is 0 Å². The van der Waals surface area contributed by atoms with Crippen molar-refractivity contribution in [3.63, 3.8) is 0 Å². The van der Waals surface area contributed by atoms with Gasteiger partial charge in [-0.2, -0.15) is 0 Å². The van der Waals surface area contributed by atoms with Gasteiger partial charge in [0.05, 0.1) is 18.4 Å². The molecule has 15 heavy (non-hydrogen) atoms. The van der Waals surface area contributed by atoms with Gasteiger partial charge in [-0.15, -0.1) is 0 Å². The number of rotatable bonds is 1. The minimum atomic E-state index is -0.103. The summed E-state index contributed by atoms with van der Waals surface area (Å²) in [6, 6.07) is 0. The van der Waals surface area contributed by atoms with E-state index >= 15 is 0 Å². The highest BCUT2D eigenvalue weighted by molar-refractivity contribution is 6.42. The van der Waals surface area contributed by atoms with Crippen molar-refractivity contribution >= 4 is 23.2 Å². The van der Waals surface area contributed by atoms with E-state index in [1.54, 1.807) is 7.11 Å². The van der Waals surface area contributed by atoms with Crippen LogP contribution in [0.4, 0.5) is 0 Å². The molecule has 0 fully saturated rings. The fourth-order valence-corrected chi connectivity index (χ4v) is 2.40. The molecule has 0 saturated heterocycles. The average Bonchev–Trinajstić information content (AvgIpc) is 2.80. The first-order valence-electron chi connectivity index (χ1n) is 4.49. The Kier molecular flexibility index (Phi) is 1.96. The molecular formula is C10H7Cl2NO2. The molecule has 3 heterocycles. The van der Waals surface area contributed by atoms with E-state index in [0.717, 1.165) is 11.3 Å². The van der Waals surface area contributed by atoms with Crippen LogP contribution in [0.15, 0.2) is 12.2 Å². The molecule has 3 nitrogen and oxygen atoms in total. The molecule has 2 atom stereocenters. The van der Waals surface area contributed by atoms with Gasteiger partial charge in [-0.3, -0.25) is 0 Å². The first kappa shape index (κ1) is 9.46. The molecule has 0 amide bonds. The summed E-state index contributed by atoms with van der Waals surface area (Å²) in [5.74, 6) is 0.573. The average molecular weight is 244 g/mol. The van der Waals surface area contributed by atoms with Crippen LogP contribution in [-0.2, 0) is 4.74 Å². The molecule has 0 aliphatic carbocycles. The Morgan fingerprint density at radius 2 is 2.07 bits per heavy atom. The van der Waals surface area contributed by atoms with Crippen molar-refractivity contribution in [3.8, 4) is 5.75 Å². The Morgan fingerprint density at radius 3 is 2.80 bits per heavy atom. The maximum Gasteiger partial charge on any atom is 0.151 e. The van der Waals surface area contributed by atoms with E-state index in [2.05, 4.69) is 4.98 Å². The van der Waals surface area contributed by atoms with Gasteiger partial charge in [-0.05, 0) is 0 Å². The standard InChI is InChI=1S/C10H7Cl2NO2/c1-14-9-6-4-2-3-5(15-4)8(6)13-10(12)7(9)11/h2-5H,1H3.